The first-order chi connectivity index (χ1) is 31.0. The molecule has 0 aromatic heterocycles. The van der Waals surface area contributed by atoms with Crippen LogP contribution in [0.2, 0.25) is 0 Å². The second-order valence-corrected chi connectivity index (χ2v) is 18.8. The summed E-state index contributed by atoms with van der Waals surface area (Å²) in [7, 11) is 0. The Hall–Kier alpha value is -2.11. The van der Waals surface area contributed by atoms with Crippen LogP contribution in [0.15, 0.2) is 24.3 Å². The largest absolute Gasteiger partial charge is 0.462 e. The molecular formula is C57H106O6. The first-order valence-electron chi connectivity index (χ1n) is 27.8. The molecule has 6 nitrogen and oxygen atoms in total. The predicted octanol–water partition coefficient (Wildman–Crippen LogP) is 18.3. The van der Waals surface area contributed by atoms with Crippen molar-refractivity contribution in [3.05, 3.63) is 24.3 Å². The second kappa shape index (κ2) is 52.5. The highest BCUT2D eigenvalue weighted by atomic mass is 16.6. The van der Waals surface area contributed by atoms with Gasteiger partial charge < -0.3 is 14.2 Å². The molecule has 370 valence electrons. The maximum absolute atomic E-state index is 12.8. The number of rotatable bonds is 51. The summed E-state index contributed by atoms with van der Waals surface area (Å²) in [5.41, 5.74) is 0. The topological polar surface area (TPSA) is 78.9 Å². The SMILES string of the molecule is CCCCCCCCC/C=C\CCCCCCCC(=O)OCC(COC(=O)CCCCC/C=C\CCCCCCCCC)OC(=O)CCCCCCCCCCCCCCCCC. The van der Waals surface area contributed by atoms with Crippen LogP contribution in [0.1, 0.15) is 303 Å². The zero-order valence-electron chi connectivity index (χ0n) is 42.4. The van der Waals surface area contributed by atoms with Gasteiger partial charge in [-0.3, -0.25) is 14.4 Å². The standard InChI is InChI=1S/C57H106O6/c1-4-7-10-13-16-19-22-25-28-30-32-35-38-41-44-47-50-56(59)62-53-54(52-61-55(58)49-46-43-40-37-34-31-27-24-21-18-15-12-9-6-3)63-57(60)51-48-45-42-39-36-33-29-26-23-20-17-14-11-8-5-2/h28,30-31,34,54H,4-27,29,32-33,35-53H2,1-3H3/b30-28-,34-31-. The van der Waals surface area contributed by atoms with Crippen molar-refractivity contribution >= 4 is 17.9 Å². The first kappa shape index (κ1) is 60.9. The highest BCUT2D eigenvalue weighted by Gasteiger charge is 2.19. The third-order valence-corrected chi connectivity index (χ3v) is 12.4. The highest BCUT2D eigenvalue weighted by molar-refractivity contribution is 5.71. The van der Waals surface area contributed by atoms with E-state index in [2.05, 4.69) is 45.1 Å². The van der Waals surface area contributed by atoms with Crippen LogP contribution in [-0.4, -0.2) is 37.2 Å². The number of carbonyl (C=O) groups excluding carboxylic acids is 3. The van der Waals surface area contributed by atoms with E-state index in [0.717, 1.165) is 70.6 Å². The quantitative estimate of drug-likeness (QED) is 0.0262. The van der Waals surface area contributed by atoms with Crippen LogP contribution >= 0.6 is 0 Å². The van der Waals surface area contributed by atoms with Gasteiger partial charge in [-0.1, -0.05) is 238 Å². The highest BCUT2D eigenvalue weighted by Crippen LogP contribution is 2.16. The molecule has 0 saturated heterocycles. The smallest absolute Gasteiger partial charge is 0.306 e. The lowest BCUT2D eigenvalue weighted by atomic mass is 10.0. The molecule has 0 bridgehead atoms. The Bertz CT molecular complexity index is 1020. The normalized spacial score (nSPS) is 12.1. The van der Waals surface area contributed by atoms with Gasteiger partial charge in [-0.15, -0.1) is 0 Å². The lowest BCUT2D eigenvalue weighted by molar-refractivity contribution is -0.167. The third kappa shape index (κ3) is 50.7. The van der Waals surface area contributed by atoms with E-state index in [0.29, 0.717) is 19.3 Å². The van der Waals surface area contributed by atoms with Gasteiger partial charge in [-0.25, -0.2) is 0 Å². The summed E-state index contributed by atoms with van der Waals surface area (Å²) in [5, 5.41) is 0. The van der Waals surface area contributed by atoms with Crippen molar-refractivity contribution in [2.24, 2.45) is 0 Å². The summed E-state index contributed by atoms with van der Waals surface area (Å²) >= 11 is 0. The number of carbonyl (C=O) groups is 3. The molecule has 6 heteroatoms. The molecule has 1 atom stereocenters. The van der Waals surface area contributed by atoms with Crippen molar-refractivity contribution in [1.29, 1.82) is 0 Å². The van der Waals surface area contributed by atoms with Crippen molar-refractivity contribution in [2.75, 3.05) is 13.2 Å². The summed E-state index contributed by atoms with van der Waals surface area (Å²) in [6, 6.07) is 0. The monoisotopic (exact) mass is 887 g/mol. The van der Waals surface area contributed by atoms with Crippen molar-refractivity contribution < 1.29 is 28.6 Å². The summed E-state index contributed by atoms with van der Waals surface area (Å²) < 4.78 is 16.8. The van der Waals surface area contributed by atoms with Crippen LogP contribution < -0.4 is 0 Å². The number of unbranched alkanes of at least 4 members (excludes halogenated alkanes) is 36. The Labute approximate surface area is 392 Å². The summed E-state index contributed by atoms with van der Waals surface area (Å²) in [6.07, 6.45) is 60.2. The Balaban J connectivity index is 4.36. The van der Waals surface area contributed by atoms with Gasteiger partial charge in [0.05, 0.1) is 0 Å². The van der Waals surface area contributed by atoms with E-state index < -0.39 is 6.10 Å². The Kier molecular flexibility index (Phi) is 50.8. The maximum Gasteiger partial charge on any atom is 0.306 e. The van der Waals surface area contributed by atoms with E-state index in [1.165, 1.54) is 193 Å². The summed E-state index contributed by atoms with van der Waals surface area (Å²) in [6.45, 7) is 6.65. The van der Waals surface area contributed by atoms with E-state index in [-0.39, 0.29) is 31.1 Å². The summed E-state index contributed by atoms with van der Waals surface area (Å²) in [4.78, 5) is 38.1. The van der Waals surface area contributed by atoms with Crippen LogP contribution in [0.3, 0.4) is 0 Å². The van der Waals surface area contributed by atoms with Crippen molar-refractivity contribution in [3.8, 4) is 0 Å². The van der Waals surface area contributed by atoms with E-state index in [9.17, 15) is 14.4 Å². The molecule has 0 heterocycles. The predicted molar refractivity (Wildman–Crippen MR) is 270 cm³/mol. The lowest BCUT2D eigenvalue weighted by Crippen LogP contribution is -2.30. The Morgan fingerprint density at radius 3 is 0.810 bits per heavy atom. The number of hydrogen-bond donors (Lipinski definition) is 0. The minimum atomic E-state index is -0.776. The van der Waals surface area contributed by atoms with Crippen LogP contribution in [0, 0.1) is 0 Å². The molecule has 0 rings (SSSR count). The van der Waals surface area contributed by atoms with Gasteiger partial charge in [-0.05, 0) is 70.6 Å². The van der Waals surface area contributed by atoms with E-state index in [1.807, 2.05) is 0 Å². The minimum Gasteiger partial charge on any atom is -0.462 e. The molecule has 0 amide bonds. The van der Waals surface area contributed by atoms with Gasteiger partial charge in [0.15, 0.2) is 6.10 Å². The number of esters is 3. The van der Waals surface area contributed by atoms with E-state index in [1.54, 1.807) is 0 Å². The zero-order valence-corrected chi connectivity index (χ0v) is 42.4. The van der Waals surface area contributed by atoms with Gasteiger partial charge in [0.1, 0.15) is 13.2 Å². The first-order valence-corrected chi connectivity index (χ1v) is 27.8. The van der Waals surface area contributed by atoms with Crippen molar-refractivity contribution in [1.82, 2.24) is 0 Å². The van der Waals surface area contributed by atoms with Crippen LogP contribution in [0.25, 0.3) is 0 Å². The van der Waals surface area contributed by atoms with Crippen molar-refractivity contribution in [3.63, 3.8) is 0 Å². The molecule has 0 saturated carbocycles. The van der Waals surface area contributed by atoms with Gasteiger partial charge in [0, 0.05) is 19.3 Å². The molecule has 0 aliphatic carbocycles. The van der Waals surface area contributed by atoms with Crippen LogP contribution in [0.5, 0.6) is 0 Å². The Morgan fingerprint density at radius 1 is 0.302 bits per heavy atom. The average molecular weight is 887 g/mol. The molecule has 0 N–H and O–H groups in total. The van der Waals surface area contributed by atoms with Crippen molar-refractivity contribution in [2.45, 2.75) is 309 Å². The fourth-order valence-corrected chi connectivity index (χ4v) is 8.20. The fraction of sp³-hybridized carbons (Fsp3) is 0.877. The molecule has 0 aliphatic heterocycles. The molecular weight excluding hydrogens is 781 g/mol. The van der Waals surface area contributed by atoms with E-state index >= 15 is 0 Å². The molecule has 0 fully saturated rings. The van der Waals surface area contributed by atoms with Gasteiger partial charge in [0.2, 0.25) is 0 Å². The average Bonchev–Trinajstić information content (AvgIpc) is 3.28. The van der Waals surface area contributed by atoms with Gasteiger partial charge >= 0.3 is 17.9 Å². The van der Waals surface area contributed by atoms with E-state index in [4.69, 9.17) is 14.2 Å². The molecule has 0 aromatic rings. The molecule has 0 radical (unpaired) electrons. The zero-order chi connectivity index (χ0) is 45.8. The number of ether oxygens (including phenoxy) is 3. The molecule has 0 spiro atoms. The Morgan fingerprint density at radius 2 is 0.524 bits per heavy atom. The molecule has 0 aromatic carbocycles. The molecule has 1 unspecified atom stereocenters. The van der Waals surface area contributed by atoms with Gasteiger partial charge in [0.25, 0.3) is 0 Å². The van der Waals surface area contributed by atoms with Gasteiger partial charge in [-0.2, -0.15) is 0 Å². The van der Waals surface area contributed by atoms with Crippen LogP contribution in [-0.2, 0) is 28.6 Å². The molecule has 0 aliphatic rings. The number of hydrogen-bond acceptors (Lipinski definition) is 6. The van der Waals surface area contributed by atoms with Crippen LogP contribution in [0.4, 0.5) is 0 Å². The lowest BCUT2D eigenvalue weighted by Gasteiger charge is -2.18. The second-order valence-electron chi connectivity index (χ2n) is 18.8. The minimum absolute atomic E-state index is 0.0763. The summed E-state index contributed by atoms with van der Waals surface area (Å²) in [5.74, 6) is -0.882. The fourth-order valence-electron chi connectivity index (χ4n) is 8.20. The number of allylic oxidation sites excluding steroid dienone is 4. The molecule has 63 heavy (non-hydrogen) atoms. The third-order valence-electron chi connectivity index (χ3n) is 12.4. The maximum atomic E-state index is 12.8.